The number of benzene rings is 2. The van der Waals surface area contributed by atoms with Gasteiger partial charge in [-0.1, -0.05) is 23.8 Å². The molecule has 2 nitrogen and oxygen atoms in total. The predicted molar refractivity (Wildman–Crippen MR) is 77.9 cm³/mol. The fraction of sp³-hybridized carbons (Fsp3) is 0.188. The van der Waals surface area contributed by atoms with Crippen LogP contribution in [0.4, 0.5) is 8.78 Å². The van der Waals surface area contributed by atoms with Crippen molar-refractivity contribution in [3.63, 3.8) is 0 Å². The molecule has 0 bridgehead atoms. The molecule has 0 saturated carbocycles. The molecule has 0 aliphatic carbocycles. The minimum atomic E-state index is -1.63. The van der Waals surface area contributed by atoms with Gasteiger partial charge in [-0.15, -0.1) is 0 Å². The maximum absolute atomic E-state index is 13.5. The van der Waals surface area contributed by atoms with Crippen LogP contribution in [-0.2, 0) is 10.8 Å². The van der Waals surface area contributed by atoms with E-state index in [2.05, 4.69) is 0 Å². The molecule has 110 valence electrons. The van der Waals surface area contributed by atoms with Crippen molar-refractivity contribution in [2.75, 3.05) is 5.75 Å². The number of halogens is 2. The van der Waals surface area contributed by atoms with Crippen molar-refractivity contribution in [1.29, 1.82) is 0 Å². The van der Waals surface area contributed by atoms with E-state index in [1.54, 1.807) is 19.1 Å². The molecule has 2 rings (SSSR count). The van der Waals surface area contributed by atoms with Crippen molar-refractivity contribution >= 4 is 16.6 Å². The molecule has 1 atom stereocenters. The molecule has 0 heterocycles. The Morgan fingerprint density at radius 1 is 1.10 bits per heavy atom. The number of hydrogen-bond acceptors (Lipinski definition) is 2. The van der Waals surface area contributed by atoms with E-state index in [1.807, 2.05) is 13.0 Å². The van der Waals surface area contributed by atoms with Crippen molar-refractivity contribution in [2.45, 2.75) is 18.7 Å². The van der Waals surface area contributed by atoms with Crippen molar-refractivity contribution in [2.24, 2.45) is 0 Å². The Bertz CT molecular complexity index is 706. The van der Waals surface area contributed by atoms with E-state index in [4.69, 9.17) is 0 Å². The number of hydrogen-bond donors (Lipinski definition) is 0. The molecule has 0 aromatic heterocycles. The van der Waals surface area contributed by atoms with Gasteiger partial charge in [-0.05, 0) is 37.6 Å². The number of ketones is 1. The summed E-state index contributed by atoms with van der Waals surface area (Å²) in [5.74, 6) is -3.11. The van der Waals surface area contributed by atoms with Gasteiger partial charge < -0.3 is 0 Å². The highest BCUT2D eigenvalue weighted by Gasteiger charge is 2.20. The van der Waals surface area contributed by atoms with E-state index >= 15 is 0 Å². The predicted octanol–water partition coefficient (Wildman–Crippen LogP) is 3.57. The van der Waals surface area contributed by atoms with Crippen LogP contribution in [0.3, 0.4) is 0 Å². The van der Waals surface area contributed by atoms with Crippen LogP contribution in [0.2, 0.25) is 0 Å². The summed E-state index contributed by atoms with van der Waals surface area (Å²) in [7, 11) is -1.63. The Kier molecular flexibility index (Phi) is 4.63. The topological polar surface area (TPSA) is 34.1 Å². The van der Waals surface area contributed by atoms with Crippen LogP contribution in [0.1, 0.15) is 21.5 Å². The van der Waals surface area contributed by atoms with E-state index in [0.29, 0.717) is 4.90 Å². The van der Waals surface area contributed by atoms with Crippen LogP contribution in [-0.4, -0.2) is 15.7 Å². The maximum Gasteiger partial charge on any atom is 0.181 e. The highest BCUT2D eigenvalue weighted by Crippen LogP contribution is 2.18. The van der Waals surface area contributed by atoms with Crippen LogP contribution in [0.5, 0.6) is 0 Å². The Morgan fingerprint density at radius 3 is 2.29 bits per heavy atom. The highest BCUT2D eigenvalue weighted by molar-refractivity contribution is 7.85. The number of aryl methyl sites for hydroxylation is 2. The second-order valence-corrected chi connectivity index (χ2v) is 6.20. The minimum Gasteiger partial charge on any atom is -0.293 e. The van der Waals surface area contributed by atoms with Gasteiger partial charge in [0.2, 0.25) is 0 Å². The quantitative estimate of drug-likeness (QED) is 0.809. The Labute approximate surface area is 124 Å². The van der Waals surface area contributed by atoms with Gasteiger partial charge >= 0.3 is 0 Å². The molecular formula is C16H14F2O2S. The molecule has 1 unspecified atom stereocenters. The molecule has 0 fully saturated rings. The first kappa shape index (κ1) is 15.5. The largest absolute Gasteiger partial charge is 0.293 e. The fourth-order valence-corrected chi connectivity index (χ4v) is 3.26. The minimum absolute atomic E-state index is 0.443. The van der Waals surface area contributed by atoms with Gasteiger partial charge in [0.05, 0.1) is 22.1 Å². The number of rotatable bonds is 4. The normalized spacial score (nSPS) is 12.2. The van der Waals surface area contributed by atoms with E-state index in [9.17, 15) is 17.8 Å². The van der Waals surface area contributed by atoms with E-state index < -0.39 is 39.5 Å². The van der Waals surface area contributed by atoms with Crippen LogP contribution in [0, 0.1) is 25.5 Å². The molecule has 2 aromatic rings. The zero-order valence-corrected chi connectivity index (χ0v) is 12.5. The standard InChI is InChI=1S/C16H14F2O2S/c1-10-6-7-15(11(2)8-10)21(20)9-14(19)16-12(17)4-3-5-13(16)18/h3-8H,9H2,1-2H3. The number of carbonyl (C=O) groups is 1. The molecular weight excluding hydrogens is 294 g/mol. The molecule has 0 spiro atoms. The average Bonchev–Trinajstić information content (AvgIpc) is 2.37. The summed E-state index contributed by atoms with van der Waals surface area (Å²) in [5.41, 5.74) is 1.17. The molecule has 0 amide bonds. The number of Topliss-reactive ketones (excluding diaryl/α,β-unsaturated/α-hetero) is 1. The highest BCUT2D eigenvalue weighted by atomic mass is 32.2. The number of carbonyl (C=O) groups excluding carboxylic acids is 1. The first-order valence-electron chi connectivity index (χ1n) is 6.33. The lowest BCUT2D eigenvalue weighted by atomic mass is 10.1. The summed E-state index contributed by atoms with van der Waals surface area (Å²) in [4.78, 5) is 12.5. The maximum atomic E-state index is 13.5. The van der Waals surface area contributed by atoms with Gasteiger partial charge in [0, 0.05) is 4.90 Å². The Hall–Kier alpha value is -1.88. The van der Waals surface area contributed by atoms with Crippen LogP contribution < -0.4 is 0 Å². The third-order valence-electron chi connectivity index (χ3n) is 3.08. The van der Waals surface area contributed by atoms with Crippen molar-refractivity contribution in [3.8, 4) is 0 Å². The third-order valence-corrected chi connectivity index (χ3v) is 4.55. The van der Waals surface area contributed by atoms with Crippen molar-refractivity contribution in [1.82, 2.24) is 0 Å². The lowest BCUT2D eigenvalue weighted by molar-refractivity contribution is 0.101. The summed E-state index contributed by atoms with van der Waals surface area (Å²) < 4.78 is 39.3. The van der Waals surface area contributed by atoms with Gasteiger partial charge in [0.15, 0.2) is 5.78 Å². The van der Waals surface area contributed by atoms with Crippen molar-refractivity contribution < 1.29 is 17.8 Å². The monoisotopic (exact) mass is 308 g/mol. The lowest BCUT2D eigenvalue weighted by Gasteiger charge is -2.07. The molecule has 0 radical (unpaired) electrons. The molecule has 0 saturated heterocycles. The lowest BCUT2D eigenvalue weighted by Crippen LogP contribution is -2.15. The van der Waals surface area contributed by atoms with Crippen LogP contribution in [0.25, 0.3) is 0 Å². The van der Waals surface area contributed by atoms with E-state index in [0.717, 1.165) is 23.3 Å². The molecule has 0 aliphatic heterocycles. The first-order valence-corrected chi connectivity index (χ1v) is 7.65. The second-order valence-electron chi connectivity index (χ2n) is 4.78. The zero-order valence-electron chi connectivity index (χ0n) is 11.7. The summed E-state index contributed by atoms with van der Waals surface area (Å²) in [6.07, 6.45) is 0. The summed E-state index contributed by atoms with van der Waals surface area (Å²) >= 11 is 0. The Balaban J connectivity index is 2.25. The summed E-state index contributed by atoms with van der Waals surface area (Å²) in [6.45, 7) is 3.69. The molecule has 0 N–H and O–H groups in total. The molecule has 5 heteroatoms. The fourth-order valence-electron chi connectivity index (χ4n) is 2.09. The molecule has 2 aromatic carbocycles. The zero-order chi connectivity index (χ0) is 15.6. The van der Waals surface area contributed by atoms with Gasteiger partial charge in [0.25, 0.3) is 0 Å². The van der Waals surface area contributed by atoms with Crippen LogP contribution in [0.15, 0.2) is 41.3 Å². The Morgan fingerprint density at radius 2 is 1.71 bits per heavy atom. The van der Waals surface area contributed by atoms with Gasteiger partial charge in [-0.2, -0.15) is 0 Å². The van der Waals surface area contributed by atoms with E-state index in [-0.39, 0.29) is 0 Å². The van der Waals surface area contributed by atoms with Crippen LogP contribution >= 0.6 is 0 Å². The third kappa shape index (κ3) is 3.42. The smallest absolute Gasteiger partial charge is 0.181 e. The molecule has 0 aliphatic rings. The molecule has 21 heavy (non-hydrogen) atoms. The van der Waals surface area contributed by atoms with Crippen molar-refractivity contribution in [3.05, 3.63) is 64.7 Å². The first-order chi connectivity index (χ1) is 9.90. The van der Waals surface area contributed by atoms with Gasteiger partial charge in [-0.25, -0.2) is 8.78 Å². The SMILES string of the molecule is Cc1ccc(S(=O)CC(=O)c2c(F)cccc2F)c(C)c1. The van der Waals surface area contributed by atoms with Gasteiger partial charge in [-0.3, -0.25) is 9.00 Å². The second kappa shape index (κ2) is 6.26. The van der Waals surface area contributed by atoms with E-state index in [1.165, 1.54) is 6.07 Å². The van der Waals surface area contributed by atoms with Gasteiger partial charge in [0.1, 0.15) is 11.6 Å². The summed E-state index contributed by atoms with van der Waals surface area (Å²) in [5, 5.41) is 0. The average molecular weight is 308 g/mol. The summed E-state index contributed by atoms with van der Waals surface area (Å²) in [6, 6.07) is 8.51.